The zero-order chi connectivity index (χ0) is 10.4. The number of amidine groups is 1. The number of nitrogens with zero attached hydrogens (tertiary/aromatic N) is 3. The second-order valence-corrected chi connectivity index (χ2v) is 4.20. The Bertz CT molecular complexity index is 238. The molecule has 0 aromatic heterocycles. The Morgan fingerprint density at radius 3 is 2.64 bits per heavy atom. The maximum Gasteiger partial charge on any atom is 0.208 e. The van der Waals surface area contributed by atoms with Crippen LogP contribution in [0, 0.1) is 11.5 Å². The third-order valence-electron chi connectivity index (χ3n) is 2.68. The lowest BCUT2D eigenvalue weighted by Gasteiger charge is -2.29. The third kappa shape index (κ3) is 2.65. The van der Waals surface area contributed by atoms with E-state index in [1.807, 2.05) is 12.4 Å². The summed E-state index contributed by atoms with van der Waals surface area (Å²) in [6.45, 7) is 3.08. The Labute approximate surface area is 90.2 Å². The largest absolute Gasteiger partial charge is 0.348 e. The minimum absolute atomic E-state index is 0.611. The lowest BCUT2D eigenvalue weighted by molar-refractivity contribution is 0.335. The normalized spacial score (nSPS) is 18.2. The van der Waals surface area contributed by atoms with E-state index in [0.29, 0.717) is 6.04 Å². The van der Waals surface area contributed by atoms with Gasteiger partial charge in [0.2, 0.25) is 6.19 Å². The highest BCUT2D eigenvalue weighted by atomic mass is 32.2. The van der Waals surface area contributed by atoms with Crippen molar-refractivity contribution in [3.63, 3.8) is 0 Å². The van der Waals surface area contributed by atoms with Crippen molar-refractivity contribution in [3.8, 4) is 6.19 Å². The fourth-order valence-electron chi connectivity index (χ4n) is 2.04. The van der Waals surface area contributed by atoms with Crippen molar-refractivity contribution < 1.29 is 0 Å². The van der Waals surface area contributed by atoms with Crippen LogP contribution in [0.1, 0.15) is 32.6 Å². The van der Waals surface area contributed by atoms with Crippen LogP contribution >= 0.6 is 11.8 Å². The first-order valence-electron chi connectivity index (χ1n) is 5.10. The van der Waals surface area contributed by atoms with Gasteiger partial charge in [-0.1, -0.05) is 24.6 Å². The molecule has 1 saturated carbocycles. The predicted molar refractivity (Wildman–Crippen MR) is 61.2 cm³/mol. The molecule has 1 fully saturated rings. The molecule has 0 radical (unpaired) electrons. The molecule has 0 unspecified atom stereocenters. The van der Waals surface area contributed by atoms with Crippen LogP contribution in [-0.4, -0.2) is 28.9 Å². The lowest BCUT2D eigenvalue weighted by atomic mass is 10.2. The van der Waals surface area contributed by atoms with E-state index < -0.39 is 0 Å². The number of hydrogen-bond donors (Lipinski definition) is 0. The zero-order valence-corrected chi connectivity index (χ0v) is 9.68. The Balaban J connectivity index is 2.68. The van der Waals surface area contributed by atoms with Crippen LogP contribution in [0.3, 0.4) is 0 Å². The van der Waals surface area contributed by atoms with Gasteiger partial charge >= 0.3 is 0 Å². The summed E-state index contributed by atoms with van der Waals surface area (Å²) in [6.07, 6.45) is 8.99. The third-order valence-corrected chi connectivity index (χ3v) is 3.37. The molecule has 14 heavy (non-hydrogen) atoms. The molecule has 4 heteroatoms. The number of nitriles is 1. The van der Waals surface area contributed by atoms with Crippen LogP contribution in [0.2, 0.25) is 0 Å². The molecule has 0 atom stereocenters. The molecule has 0 saturated heterocycles. The summed E-state index contributed by atoms with van der Waals surface area (Å²) in [7, 11) is 0. The zero-order valence-electron chi connectivity index (χ0n) is 8.86. The van der Waals surface area contributed by atoms with E-state index in [1.54, 1.807) is 11.8 Å². The van der Waals surface area contributed by atoms with Gasteiger partial charge in [-0.05, 0) is 26.0 Å². The van der Waals surface area contributed by atoms with Crippen molar-refractivity contribution in [2.75, 3.05) is 12.8 Å². The van der Waals surface area contributed by atoms with E-state index >= 15 is 0 Å². The summed E-state index contributed by atoms with van der Waals surface area (Å²) < 4.78 is 0. The highest BCUT2D eigenvalue weighted by molar-refractivity contribution is 8.13. The van der Waals surface area contributed by atoms with Crippen molar-refractivity contribution in [2.24, 2.45) is 4.99 Å². The average molecular weight is 211 g/mol. The van der Waals surface area contributed by atoms with E-state index in [9.17, 15) is 0 Å². The van der Waals surface area contributed by atoms with Crippen LogP contribution in [0.15, 0.2) is 4.99 Å². The molecule has 78 valence electrons. The van der Waals surface area contributed by atoms with Crippen molar-refractivity contribution in [3.05, 3.63) is 0 Å². The van der Waals surface area contributed by atoms with Crippen molar-refractivity contribution in [1.82, 2.24) is 4.90 Å². The molecule has 1 aliphatic carbocycles. The van der Waals surface area contributed by atoms with Crippen LogP contribution in [-0.2, 0) is 0 Å². The van der Waals surface area contributed by atoms with Crippen LogP contribution in [0.25, 0.3) is 0 Å². The standard InChI is InChI=1S/C10H17N3S/c1-3-13(9-6-4-5-7-9)10(14-2)12-8-11/h9H,3-7H2,1-2H3. The van der Waals surface area contributed by atoms with Gasteiger partial charge in [0.05, 0.1) is 0 Å². The highest BCUT2D eigenvalue weighted by Crippen LogP contribution is 2.25. The Hall–Kier alpha value is -0.690. The summed E-state index contributed by atoms with van der Waals surface area (Å²) in [5, 5.41) is 9.45. The van der Waals surface area contributed by atoms with Gasteiger partial charge in [-0.2, -0.15) is 5.26 Å². The topological polar surface area (TPSA) is 39.4 Å². The molecular weight excluding hydrogens is 194 g/mol. The SMILES string of the molecule is CCN(C(=NC#N)SC)C1CCCC1. The summed E-state index contributed by atoms with van der Waals surface area (Å²) in [5.41, 5.74) is 0. The van der Waals surface area contributed by atoms with Gasteiger partial charge < -0.3 is 4.90 Å². The van der Waals surface area contributed by atoms with Crippen molar-refractivity contribution >= 4 is 16.9 Å². The molecule has 1 aliphatic rings. The summed E-state index contributed by atoms with van der Waals surface area (Å²) in [4.78, 5) is 6.13. The molecule has 1 rings (SSSR count). The lowest BCUT2D eigenvalue weighted by Crippen LogP contribution is -2.36. The molecule has 0 spiro atoms. The quantitative estimate of drug-likeness (QED) is 0.400. The molecular formula is C10H17N3S. The first-order valence-corrected chi connectivity index (χ1v) is 6.33. The second-order valence-electron chi connectivity index (χ2n) is 3.42. The Morgan fingerprint density at radius 2 is 2.21 bits per heavy atom. The smallest absolute Gasteiger partial charge is 0.208 e. The van der Waals surface area contributed by atoms with Crippen LogP contribution in [0.5, 0.6) is 0 Å². The molecule has 0 bridgehead atoms. The fourth-order valence-corrected chi connectivity index (χ4v) is 2.68. The predicted octanol–water partition coefficient (Wildman–Crippen LogP) is 2.45. The first-order chi connectivity index (χ1) is 6.83. The highest BCUT2D eigenvalue weighted by Gasteiger charge is 2.23. The van der Waals surface area contributed by atoms with Gasteiger partial charge in [-0.25, -0.2) is 0 Å². The van der Waals surface area contributed by atoms with Gasteiger partial charge in [0, 0.05) is 12.6 Å². The summed E-state index contributed by atoms with van der Waals surface area (Å²) >= 11 is 1.57. The maximum atomic E-state index is 8.58. The van der Waals surface area contributed by atoms with E-state index in [2.05, 4.69) is 16.8 Å². The van der Waals surface area contributed by atoms with Crippen molar-refractivity contribution in [1.29, 1.82) is 5.26 Å². The van der Waals surface area contributed by atoms with Gasteiger partial charge in [0.25, 0.3) is 0 Å². The van der Waals surface area contributed by atoms with E-state index in [1.165, 1.54) is 25.7 Å². The molecule has 0 amide bonds. The number of hydrogen-bond acceptors (Lipinski definition) is 3. The minimum Gasteiger partial charge on any atom is -0.348 e. The molecule has 0 aromatic rings. The summed E-state index contributed by atoms with van der Waals surface area (Å²) in [6, 6.07) is 0.611. The molecule has 0 N–H and O–H groups in total. The first kappa shape index (κ1) is 11.4. The van der Waals surface area contributed by atoms with Gasteiger partial charge in [-0.15, -0.1) is 4.99 Å². The average Bonchev–Trinajstić information content (AvgIpc) is 2.71. The molecule has 0 aromatic carbocycles. The maximum absolute atomic E-state index is 8.58. The number of rotatable bonds is 2. The van der Waals surface area contributed by atoms with E-state index in [0.717, 1.165) is 11.7 Å². The monoisotopic (exact) mass is 211 g/mol. The number of thioether (sulfide) groups is 1. The molecule has 0 aliphatic heterocycles. The van der Waals surface area contributed by atoms with Gasteiger partial charge in [0.15, 0.2) is 5.17 Å². The summed E-state index contributed by atoms with van der Waals surface area (Å²) in [5.74, 6) is 0. The Kier molecular flexibility index (Phi) is 4.81. The fraction of sp³-hybridized carbons (Fsp3) is 0.800. The van der Waals surface area contributed by atoms with Gasteiger partial charge in [-0.3, -0.25) is 0 Å². The second kappa shape index (κ2) is 5.92. The van der Waals surface area contributed by atoms with Crippen LogP contribution < -0.4 is 0 Å². The Morgan fingerprint density at radius 1 is 1.57 bits per heavy atom. The minimum atomic E-state index is 0.611. The van der Waals surface area contributed by atoms with Gasteiger partial charge in [0.1, 0.15) is 0 Å². The van der Waals surface area contributed by atoms with Crippen LogP contribution in [0.4, 0.5) is 0 Å². The molecule has 0 heterocycles. The van der Waals surface area contributed by atoms with Crippen molar-refractivity contribution in [2.45, 2.75) is 38.6 Å². The van der Waals surface area contributed by atoms with E-state index in [-0.39, 0.29) is 0 Å². The number of aliphatic imine (C=N–C) groups is 1. The van der Waals surface area contributed by atoms with E-state index in [4.69, 9.17) is 5.26 Å². The molecule has 3 nitrogen and oxygen atoms in total.